The number of anilines is 1. The van der Waals surface area contributed by atoms with Gasteiger partial charge in [0.1, 0.15) is 0 Å². The predicted octanol–water partition coefficient (Wildman–Crippen LogP) is 4.18. The molecule has 18 heavy (non-hydrogen) atoms. The molecular weight excluding hydrogens is 339 g/mol. The lowest BCUT2D eigenvalue weighted by Gasteiger charge is -2.08. The maximum Gasteiger partial charge on any atom is 0.323 e. The van der Waals surface area contributed by atoms with Gasteiger partial charge in [0.25, 0.3) is 0 Å². The predicted molar refractivity (Wildman–Crippen MR) is 82.6 cm³/mol. The minimum Gasteiger partial charge on any atom is -0.314 e. The van der Waals surface area contributed by atoms with Crippen molar-refractivity contribution >= 4 is 34.3 Å². The van der Waals surface area contributed by atoms with Crippen molar-refractivity contribution in [3.8, 4) is 0 Å². The lowest BCUT2D eigenvalue weighted by Crippen LogP contribution is -2.24. The van der Waals surface area contributed by atoms with E-state index in [4.69, 9.17) is 0 Å². The van der Waals surface area contributed by atoms with Crippen molar-refractivity contribution in [1.82, 2.24) is 5.32 Å². The van der Waals surface area contributed by atoms with Gasteiger partial charge in [-0.3, -0.25) is 0 Å². The first kappa shape index (κ1) is 13.4. The Morgan fingerprint density at radius 3 is 2.72 bits per heavy atom. The summed E-state index contributed by atoms with van der Waals surface area (Å²) in [4.78, 5) is 11.7. The largest absolute Gasteiger partial charge is 0.323 e. The van der Waals surface area contributed by atoms with Crippen LogP contribution in [0.4, 0.5) is 10.5 Å². The van der Waals surface area contributed by atoms with Crippen molar-refractivity contribution < 1.29 is 4.79 Å². The van der Waals surface area contributed by atoms with Crippen LogP contribution >= 0.6 is 22.6 Å². The number of hydrogen-bond donors (Lipinski definition) is 2. The van der Waals surface area contributed by atoms with Crippen molar-refractivity contribution in [2.75, 3.05) is 5.32 Å². The molecule has 0 bridgehead atoms. The van der Waals surface area contributed by atoms with Crippen molar-refractivity contribution in [3.05, 3.63) is 39.1 Å². The molecule has 2 rings (SSSR count). The normalized spacial score (nSPS) is 14.4. The Balaban J connectivity index is 1.92. The van der Waals surface area contributed by atoms with Gasteiger partial charge in [-0.15, -0.1) is 0 Å². The van der Waals surface area contributed by atoms with Gasteiger partial charge in [0, 0.05) is 15.5 Å². The van der Waals surface area contributed by atoms with E-state index in [9.17, 15) is 4.79 Å². The summed E-state index contributed by atoms with van der Waals surface area (Å²) in [5, 5.41) is 5.66. The SMILES string of the molecule is Cc1cc(I)ccc1NC(=O)NC=C1CCCC1. The molecular formula is C14H17IN2O. The Hall–Kier alpha value is -1.04. The fourth-order valence-corrected chi connectivity index (χ4v) is 2.71. The fraction of sp³-hybridized carbons (Fsp3) is 0.357. The molecule has 0 atom stereocenters. The Labute approximate surface area is 121 Å². The molecule has 1 aromatic carbocycles. The molecule has 2 N–H and O–H groups in total. The molecule has 0 heterocycles. The molecule has 0 aromatic heterocycles. The number of carbonyl (C=O) groups is 1. The van der Waals surface area contributed by atoms with Crippen LogP contribution in [-0.4, -0.2) is 6.03 Å². The van der Waals surface area contributed by atoms with Crippen molar-refractivity contribution in [1.29, 1.82) is 0 Å². The van der Waals surface area contributed by atoms with Crippen LogP contribution < -0.4 is 10.6 Å². The second-order valence-corrected chi connectivity index (χ2v) is 5.81. The van der Waals surface area contributed by atoms with Gasteiger partial charge in [0.05, 0.1) is 0 Å². The first-order chi connectivity index (χ1) is 8.65. The highest BCUT2D eigenvalue weighted by molar-refractivity contribution is 14.1. The Kier molecular flexibility index (Phi) is 4.63. The zero-order valence-electron chi connectivity index (χ0n) is 10.4. The smallest absolute Gasteiger partial charge is 0.314 e. The van der Waals surface area contributed by atoms with Crippen LogP contribution in [0.2, 0.25) is 0 Å². The van der Waals surface area contributed by atoms with E-state index < -0.39 is 0 Å². The van der Waals surface area contributed by atoms with E-state index in [1.54, 1.807) is 0 Å². The summed E-state index contributed by atoms with van der Waals surface area (Å²) < 4.78 is 1.17. The first-order valence-corrected chi connectivity index (χ1v) is 7.24. The average Bonchev–Trinajstić information content (AvgIpc) is 2.83. The van der Waals surface area contributed by atoms with Gasteiger partial charge in [0.2, 0.25) is 0 Å². The molecule has 0 spiro atoms. The number of halogens is 1. The van der Waals surface area contributed by atoms with Gasteiger partial charge in [-0.05, 0) is 79.0 Å². The molecule has 0 unspecified atom stereocenters. The molecule has 1 saturated carbocycles. The highest BCUT2D eigenvalue weighted by Crippen LogP contribution is 2.22. The van der Waals surface area contributed by atoms with E-state index in [0.29, 0.717) is 0 Å². The molecule has 1 aliphatic rings. The molecule has 3 nitrogen and oxygen atoms in total. The number of hydrogen-bond acceptors (Lipinski definition) is 1. The molecule has 1 fully saturated rings. The Morgan fingerprint density at radius 2 is 2.06 bits per heavy atom. The summed E-state index contributed by atoms with van der Waals surface area (Å²) in [7, 11) is 0. The molecule has 0 aliphatic heterocycles. The number of nitrogens with one attached hydrogen (secondary N) is 2. The van der Waals surface area contributed by atoms with Gasteiger partial charge < -0.3 is 10.6 Å². The van der Waals surface area contributed by atoms with Gasteiger partial charge in [-0.25, -0.2) is 4.79 Å². The number of allylic oxidation sites excluding steroid dienone is 1. The molecule has 1 aromatic rings. The molecule has 0 saturated heterocycles. The standard InChI is InChI=1S/C14H17IN2O/c1-10-8-12(15)6-7-13(10)17-14(18)16-9-11-4-2-3-5-11/h6-9H,2-5H2,1H3,(H2,16,17,18). The highest BCUT2D eigenvalue weighted by Gasteiger charge is 2.07. The quantitative estimate of drug-likeness (QED) is 0.767. The summed E-state index contributed by atoms with van der Waals surface area (Å²) in [6.07, 6.45) is 6.56. The topological polar surface area (TPSA) is 41.1 Å². The van der Waals surface area contributed by atoms with Crippen LogP contribution in [0, 0.1) is 10.5 Å². The molecule has 2 amide bonds. The average molecular weight is 356 g/mol. The van der Waals surface area contributed by atoms with E-state index >= 15 is 0 Å². The lowest BCUT2D eigenvalue weighted by molar-refractivity contribution is 0.255. The third-order valence-corrected chi connectivity index (χ3v) is 3.76. The fourth-order valence-electron chi connectivity index (χ4n) is 2.07. The van der Waals surface area contributed by atoms with E-state index in [2.05, 4.69) is 33.2 Å². The lowest BCUT2D eigenvalue weighted by atomic mass is 10.2. The number of urea groups is 1. The van der Waals surface area contributed by atoms with Crippen LogP contribution in [0.1, 0.15) is 31.2 Å². The summed E-state index contributed by atoms with van der Waals surface area (Å²) in [6, 6.07) is 5.79. The zero-order valence-corrected chi connectivity index (χ0v) is 12.6. The van der Waals surface area contributed by atoms with Crippen molar-refractivity contribution in [2.24, 2.45) is 0 Å². The molecule has 4 heteroatoms. The molecule has 96 valence electrons. The Morgan fingerprint density at radius 1 is 1.33 bits per heavy atom. The summed E-state index contributed by atoms with van der Waals surface area (Å²) in [5.41, 5.74) is 3.27. The van der Waals surface area contributed by atoms with Crippen molar-refractivity contribution in [3.63, 3.8) is 0 Å². The first-order valence-electron chi connectivity index (χ1n) is 6.17. The van der Waals surface area contributed by atoms with E-state index in [-0.39, 0.29) is 6.03 Å². The van der Waals surface area contributed by atoms with Crippen LogP contribution in [-0.2, 0) is 0 Å². The van der Waals surface area contributed by atoms with Gasteiger partial charge in [-0.1, -0.05) is 5.57 Å². The van der Waals surface area contributed by atoms with Gasteiger partial charge in [0.15, 0.2) is 0 Å². The van der Waals surface area contributed by atoms with Crippen molar-refractivity contribution in [2.45, 2.75) is 32.6 Å². The second kappa shape index (κ2) is 6.22. The number of rotatable bonds is 2. The van der Waals surface area contributed by atoms with E-state index in [1.165, 1.54) is 22.0 Å². The van der Waals surface area contributed by atoms with Crippen LogP contribution in [0.25, 0.3) is 0 Å². The monoisotopic (exact) mass is 356 g/mol. The number of amides is 2. The minimum absolute atomic E-state index is 0.168. The van der Waals surface area contributed by atoms with Gasteiger partial charge >= 0.3 is 6.03 Å². The third kappa shape index (κ3) is 3.73. The number of aryl methyl sites for hydroxylation is 1. The van der Waals surface area contributed by atoms with Gasteiger partial charge in [-0.2, -0.15) is 0 Å². The third-order valence-electron chi connectivity index (χ3n) is 3.09. The number of benzene rings is 1. The Bertz CT molecular complexity index is 475. The highest BCUT2D eigenvalue weighted by atomic mass is 127. The number of carbonyl (C=O) groups excluding carboxylic acids is 1. The summed E-state index contributed by atoms with van der Waals surface area (Å²) in [5.74, 6) is 0. The van der Waals surface area contributed by atoms with Crippen LogP contribution in [0.5, 0.6) is 0 Å². The second-order valence-electron chi connectivity index (χ2n) is 4.57. The maximum absolute atomic E-state index is 11.7. The van der Waals surface area contributed by atoms with E-state index in [1.807, 2.05) is 31.3 Å². The summed E-state index contributed by atoms with van der Waals surface area (Å²) in [6.45, 7) is 1.99. The van der Waals surface area contributed by atoms with E-state index in [0.717, 1.165) is 24.1 Å². The minimum atomic E-state index is -0.168. The van der Waals surface area contributed by atoms with Crippen LogP contribution in [0.3, 0.4) is 0 Å². The van der Waals surface area contributed by atoms with Crippen LogP contribution in [0.15, 0.2) is 30.0 Å². The zero-order chi connectivity index (χ0) is 13.0. The molecule has 1 aliphatic carbocycles. The maximum atomic E-state index is 11.7. The summed E-state index contributed by atoms with van der Waals surface area (Å²) >= 11 is 2.26. The molecule has 0 radical (unpaired) electrons.